The van der Waals surface area contributed by atoms with Gasteiger partial charge in [-0.15, -0.1) is 0 Å². The number of carbonyl (C=O) groups is 2. The Morgan fingerprint density at radius 2 is 2.18 bits per heavy atom. The maximum Gasteiger partial charge on any atom is 0.191 e. The number of allylic oxidation sites excluding steroid dienone is 2. The maximum atomic E-state index is 11.0. The van der Waals surface area contributed by atoms with E-state index in [-0.39, 0.29) is 18.0 Å². The molecule has 1 aliphatic carbocycles. The van der Waals surface area contributed by atoms with Gasteiger partial charge in [-0.2, -0.15) is 0 Å². The van der Waals surface area contributed by atoms with Gasteiger partial charge in [0.25, 0.3) is 0 Å². The van der Waals surface area contributed by atoms with Gasteiger partial charge in [-0.05, 0) is 0 Å². The summed E-state index contributed by atoms with van der Waals surface area (Å²) in [6.07, 6.45) is 2.58. The smallest absolute Gasteiger partial charge is 0.191 e. The number of fused-ring (bicyclic) bond motifs is 1. The molecule has 0 saturated heterocycles. The molecule has 1 aliphatic heterocycles. The van der Waals surface area contributed by atoms with E-state index in [1.54, 1.807) is 0 Å². The third-order valence-corrected chi connectivity index (χ3v) is 1.52. The van der Waals surface area contributed by atoms with Gasteiger partial charge in [0.05, 0.1) is 12.1 Å². The molecule has 0 amide bonds. The number of aliphatic imine (C=N–C) groups is 2. The van der Waals surface area contributed by atoms with E-state index >= 15 is 0 Å². The fraction of sp³-hybridized carbons (Fsp3) is 0.143. The normalized spacial score (nSPS) is 21.5. The van der Waals surface area contributed by atoms with Crippen LogP contribution >= 0.6 is 0 Å². The second-order valence-corrected chi connectivity index (χ2v) is 2.32. The van der Waals surface area contributed by atoms with Crippen LogP contribution < -0.4 is 0 Å². The van der Waals surface area contributed by atoms with Crippen molar-refractivity contribution >= 4 is 23.6 Å². The molecular formula is C7H4N2O2. The molecule has 0 fully saturated rings. The van der Waals surface area contributed by atoms with Crippen LogP contribution in [-0.2, 0) is 9.59 Å². The Morgan fingerprint density at radius 1 is 1.36 bits per heavy atom. The van der Waals surface area contributed by atoms with Gasteiger partial charge in [0.2, 0.25) is 0 Å². The van der Waals surface area contributed by atoms with Gasteiger partial charge in [-0.3, -0.25) is 9.59 Å². The molecule has 0 aromatic heterocycles. The average Bonchev–Trinajstić information content (AvgIpc) is 2.34. The van der Waals surface area contributed by atoms with Crippen molar-refractivity contribution in [2.75, 3.05) is 0 Å². The molecule has 0 aromatic carbocycles. The van der Waals surface area contributed by atoms with Crippen LogP contribution in [0.2, 0.25) is 0 Å². The highest BCUT2D eigenvalue weighted by molar-refractivity contribution is 6.53. The molecule has 1 heterocycles. The lowest BCUT2D eigenvalue weighted by atomic mass is 10.0. The molecule has 11 heavy (non-hydrogen) atoms. The molecule has 4 nitrogen and oxygen atoms in total. The second-order valence-electron chi connectivity index (χ2n) is 2.32. The first-order valence-electron chi connectivity index (χ1n) is 3.16. The summed E-state index contributed by atoms with van der Waals surface area (Å²) in [5, 5.41) is 0. The zero-order valence-electron chi connectivity index (χ0n) is 5.57. The molecule has 0 atom stereocenters. The van der Waals surface area contributed by atoms with E-state index in [2.05, 4.69) is 9.98 Å². The van der Waals surface area contributed by atoms with Crippen LogP contribution in [-0.4, -0.2) is 23.6 Å². The van der Waals surface area contributed by atoms with Gasteiger partial charge in [-0.25, -0.2) is 9.98 Å². The minimum Gasteiger partial charge on any atom is -0.294 e. The highest BCUT2D eigenvalue weighted by Crippen LogP contribution is 2.14. The summed E-state index contributed by atoms with van der Waals surface area (Å²) in [6, 6.07) is 0. The lowest BCUT2D eigenvalue weighted by Crippen LogP contribution is -2.22. The van der Waals surface area contributed by atoms with E-state index in [1.807, 2.05) is 0 Å². The molecule has 0 radical (unpaired) electrons. The van der Waals surface area contributed by atoms with E-state index in [0.717, 1.165) is 0 Å². The Morgan fingerprint density at radius 3 is 3.00 bits per heavy atom. The van der Waals surface area contributed by atoms with Crippen LogP contribution in [0.4, 0.5) is 0 Å². The highest BCUT2D eigenvalue weighted by atomic mass is 16.1. The van der Waals surface area contributed by atoms with Gasteiger partial charge in [0, 0.05) is 6.08 Å². The van der Waals surface area contributed by atoms with E-state index in [9.17, 15) is 9.59 Å². The monoisotopic (exact) mass is 148 g/mol. The van der Waals surface area contributed by atoms with Crippen molar-refractivity contribution in [3.05, 3.63) is 11.8 Å². The molecule has 0 N–H and O–H groups in total. The van der Waals surface area contributed by atoms with Crippen molar-refractivity contribution in [1.82, 2.24) is 0 Å². The quantitative estimate of drug-likeness (QED) is 0.450. The molecule has 2 rings (SSSR count). The minimum absolute atomic E-state index is 0.0638. The Kier molecular flexibility index (Phi) is 1.09. The summed E-state index contributed by atoms with van der Waals surface area (Å²) in [5.41, 5.74) is 0.732. The lowest BCUT2D eigenvalue weighted by Gasteiger charge is -2.04. The minimum atomic E-state index is -0.231. The Balaban J connectivity index is 2.53. The first-order valence-corrected chi connectivity index (χ1v) is 3.16. The van der Waals surface area contributed by atoms with Crippen molar-refractivity contribution in [2.24, 2.45) is 9.98 Å². The SMILES string of the molecule is O=C1C=C2N=CN=C2C(=O)C1. The molecule has 0 unspecified atom stereocenters. The summed E-state index contributed by atoms with van der Waals surface area (Å²) in [7, 11) is 0. The maximum absolute atomic E-state index is 11.0. The van der Waals surface area contributed by atoms with Crippen LogP contribution in [0.3, 0.4) is 0 Å². The fourth-order valence-electron chi connectivity index (χ4n) is 1.04. The van der Waals surface area contributed by atoms with Crippen molar-refractivity contribution in [3.8, 4) is 0 Å². The number of hydrogen-bond donors (Lipinski definition) is 0. The summed E-state index contributed by atoms with van der Waals surface area (Å²) >= 11 is 0. The second kappa shape index (κ2) is 1.95. The van der Waals surface area contributed by atoms with E-state index in [0.29, 0.717) is 11.4 Å². The lowest BCUT2D eigenvalue weighted by molar-refractivity contribution is -0.121. The molecule has 4 heteroatoms. The summed E-state index contributed by atoms with van der Waals surface area (Å²) in [5.74, 6) is -0.423. The predicted octanol–water partition coefficient (Wildman–Crippen LogP) is -0.105. The Hall–Kier alpha value is -1.58. The van der Waals surface area contributed by atoms with Crippen LogP contribution in [0.1, 0.15) is 6.42 Å². The van der Waals surface area contributed by atoms with Crippen LogP contribution in [0.25, 0.3) is 0 Å². The molecule has 54 valence electrons. The molecule has 2 aliphatic rings. The third-order valence-electron chi connectivity index (χ3n) is 1.52. The molecule has 0 bridgehead atoms. The van der Waals surface area contributed by atoms with Gasteiger partial charge in [-0.1, -0.05) is 0 Å². The zero-order valence-corrected chi connectivity index (χ0v) is 5.57. The molecule has 0 spiro atoms. The first-order chi connectivity index (χ1) is 5.27. The van der Waals surface area contributed by atoms with Crippen molar-refractivity contribution in [3.63, 3.8) is 0 Å². The topological polar surface area (TPSA) is 58.9 Å². The number of nitrogens with zero attached hydrogens (tertiary/aromatic N) is 2. The van der Waals surface area contributed by atoms with Gasteiger partial charge in [0.1, 0.15) is 12.1 Å². The van der Waals surface area contributed by atoms with Crippen LogP contribution in [0.5, 0.6) is 0 Å². The van der Waals surface area contributed by atoms with Gasteiger partial charge >= 0.3 is 0 Å². The van der Waals surface area contributed by atoms with Gasteiger partial charge in [0.15, 0.2) is 11.6 Å². The Bertz CT molecular complexity index is 336. The molecular weight excluding hydrogens is 144 g/mol. The number of rotatable bonds is 0. The van der Waals surface area contributed by atoms with Crippen LogP contribution in [0, 0.1) is 0 Å². The average molecular weight is 148 g/mol. The predicted molar refractivity (Wildman–Crippen MR) is 38.6 cm³/mol. The largest absolute Gasteiger partial charge is 0.294 e. The van der Waals surface area contributed by atoms with Crippen molar-refractivity contribution < 1.29 is 9.59 Å². The summed E-state index contributed by atoms with van der Waals surface area (Å²) in [4.78, 5) is 29.3. The molecule has 0 aromatic rings. The summed E-state index contributed by atoms with van der Waals surface area (Å²) < 4.78 is 0. The summed E-state index contributed by atoms with van der Waals surface area (Å²) in [6.45, 7) is 0. The van der Waals surface area contributed by atoms with Crippen molar-refractivity contribution in [2.45, 2.75) is 6.42 Å². The van der Waals surface area contributed by atoms with E-state index < -0.39 is 0 Å². The number of ketones is 2. The van der Waals surface area contributed by atoms with Gasteiger partial charge < -0.3 is 0 Å². The zero-order chi connectivity index (χ0) is 7.84. The standard InChI is InChI=1S/C7H4N2O2/c10-4-1-5-7(6(11)2-4)9-3-8-5/h1,3H,2H2. The first kappa shape index (κ1) is 6.15. The molecule has 0 saturated carbocycles. The number of carbonyl (C=O) groups excluding carboxylic acids is 2. The number of hydrogen-bond acceptors (Lipinski definition) is 4. The van der Waals surface area contributed by atoms with E-state index in [4.69, 9.17) is 0 Å². The number of Topliss-reactive ketones (excluding diaryl/α,β-unsaturated/α-hetero) is 1. The fourth-order valence-corrected chi connectivity index (χ4v) is 1.04. The highest BCUT2D eigenvalue weighted by Gasteiger charge is 2.26. The van der Waals surface area contributed by atoms with Crippen LogP contribution in [0.15, 0.2) is 21.8 Å². The Labute approximate surface area is 62.3 Å². The van der Waals surface area contributed by atoms with E-state index in [1.165, 1.54) is 12.4 Å². The third kappa shape index (κ3) is 0.832. The van der Waals surface area contributed by atoms with Crippen molar-refractivity contribution in [1.29, 1.82) is 0 Å².